The molecule has 0 radical (unpaired) electrons. The van der Waals surface area contributed by atoms with Gasteiger partial charge in [0.05, 0.1) is 19.8 Å². The van der Waals surface area contributed by atoms with Gasteiger partial charge in [-0.3, -0.25) is 4.79 Å². The first-order chi connectivity index (χ1) is 15.7. The molecule has 0 aliphatic rings. The Bertz CT molecular complexity index is 1400. The number of rotatable bonds is 5. The Morgan fingerprint density at radius 1 is 1.18 bits per heavy atom. The summed E-state index contributed by atoms with van der Waals surface area (Å²) in [5.74, 6) is -3.51. The van der Waals surface area contributed by atoms with E-state index in [1.54, 1.807) is 0 Å². The molecule has 7 nitrogen and oxygen atoms in total. The van der Waals surface area contributed by atoms with Crippen LogP contribution in [0.3, 0.4) is 0 Å². The number of nitrogens with zero attached hydrogens (tertiary/aromatic N) is 2. The largest absolute Gasteiger partial charge is 0.435 e. The Morgan fingerprint density at radius 3 is 2.47 bits per heavy atom. The van der Waals surface area contributed by atoms with Crippen LogP contribution >= 0.6 is 23.2 Å². The van der Waals surface area contributed by atoms with Gasteiger partial charge in [0, 0.05) is 16.8 Å². The summed E-state index contributed by atoms with van der Waals surface area (Å²) < 4.78 is 79.5. The van der Waals surface area contributed by atoms with Gasteiger partial charge in [-0.25, -0.2) is 13.4 Å². The van der Waals surface area contributed by atoms with Gasteiger partial charge in [0.15, 0.2) is 17.3 Å². The highest BCUT2D eigenvalue weighted by molar-refractivity contribution is 7.91. The van der Waals surface area contributed by atoms with E-state index >= 15 is 0 Å². The van der Waals surface area contributed by atoms with Crippen LogP contribution in [-0.4, -0.2) is 26.6 Å². The average Bonchev–Trinajstić information content (AvgIpc) is 2.73. The van der Waals surface area contributed by atoms with Gasteiger partial charge in [-0.2, -0.15) is 13.2 Å². The molecule has 1 heterocycles. The highest BCUT2D eigenvalue weighted by Gasteiger charge is 2.38. The van der Waals surface area contributed by atoms with Crippen LogP contribution in [0.25, 0.3) is 0 Å². The highest BCUT2D eigenvalue weighted by atomic mass is 35.5. The Hall–Kier alpha value is -2.96. The average molecular weight is 537 g/mol. The lowest BCUT2D eigenvalue weighted by molar-refractivity contribution is -0.142. The molecule has 3 rings (SSSR count). The fourth-order valence-corrected chi connectivity index (χ4v) is 3.80. The number of carbonyl (C=O) groups is 1. The fourth-order valence-electron chi connectivity index (χ4n) is 2.81. The molecule has 0 aliphatic carbocycles. The molecular weight excluding hydrogens is 523 g/mol. The molecular formula is C20H14Cl2F4N4O3S. The molecule has 0 aliphatic heterocycles. The Balaban J connectivity index is 2.10. The number of nitrogens with one attached hydrogen (secondary N) is 2. The van der Waals surface area contributed by atoms with E-state index in [4.69, 9.17) is 32.7 Å². The van der Waals surface area contributed by atoms with E-state index in [1.165, 1.54) is 30.3 Å². The SMILES string of the molecule is Cc1c(C(F)(F)F)nnc(Oc2ccc(Cl)c(Cl)c2F)c1C(=O)Nc1cccc(S(C)(=N)=O)c1. The number of amides is 1. The van der Waals surface area contributed by atoms with Gasteiger partial charge < -0.3 is 10.1 Å². The maximum absolute atomic E-state index is 14.4. The van der Waals surface area contributed by atoms with Gasteiger partial charge >= 0.3 is 6.18 Å². The van der Waals surface area contributed by atoms with Crippen molar-refractivity contribution in [3.63, 3.8) is 0 Å². The topological polar surface area (TPSA) is 105 Å². The smallest absolute Gasteiger partial charge is 0.434 e. The lowest BCUT2D eigenvalue weighted by Gasteiger charge is -2.16. The van der Waals surface area contributed by atoms with E-state index in [-0.39, 0.29) is 15.6 Å². The second kappa shape index (κ2) is 9.35. The van der Waals surface area contributed by atoms with Crippen LogP contribution in [0.4, 0.5) is 23.2 Å². The summed E-state index contributed by atoms with van der Waals surface area (Å²) in [5.41, 5.74) is -2.72. The second-order valence-electron chi connectivity index (χ2n) is 6.95. The Kier molecular flexibility index (Phi) is 7.06. The van der Waals surface area contributed by atoms with E-state index in [2.05, 4.69) is 15.5 Å². The predicted octanol–water partition coefficient (Wildman–Crippen LogP) is 6.33. The summed E-state index contributed by atoms with van der Waals surface area (Å²) in [7, 11) is -3.13. The summed E-state index contributed by atoms with van der Waals surface area (Å²) in [6.45, 7) is 0.976. The summed E-state index contributed by atoms with van der Waals surface area (Å²) in [4.78, 5) is 13.1. The minimum absolute atomic E-state index is 0.0424. The standard InChI is InChI=1S/C20H14Cl2F4N4O3S/c1-9-14(18(31)28-10-4-3-5-11(8-10)34(2,27)32)19(30-29-17(9)20(24,25)26)33-13-7-6-12(21)15(22)16(13)23/h3-8,27H,1-2H3,(H,28,31). The number of hydrogen-bond donors (Lipinski definition) is 2. The van der Waals surface area contributed by atoms with Crippen LogP contribution in [-0.2, 0) is 15.9 Å². The van der Waals surface area contributed by atoms with Crippen LogP contribution in [0, 0.1) is 17.5 Å². The van der Waals surface area contributed by atoms with Crippen LogP contribution in [0.1, 0.15) is 21.6 Å². The second-order valence-corrected chi connectivity index (χ2v) is 9.90. The molecule has 1 aromatic heterocycles. The summed E-state index contributed by atoms with van der Waals surface area (Å²) >= 11 is 11.5. The van der Waals surface area contributed by atoms with Crippen molar-refractivity contribution in [2.24, 2.45) is 0 Å². The number of carbonyl (C=O) groups excluding carboxylic acids is 1. The molecule has 0 saturated carbocycles. The van der Waals surface area contributed by atoms with Crippen LogP contribution in [0.15, 0.2) is 41.3 Å². The van der Waals surface area contributed by atoms with E-state index in [9.17, 15) is 26.6 Å². The van der Waals surface area contributed by atoms with Gasteiger partial charge in [0.2, 0.25) is 0 Å². The number of ether oxygens (including phenoxy) is 1. The number of hydrogen-bond acceptors (Lipinski definition) is 6. The predicted molar refractivity (Wildman–Crippen MR) is 118 cm³/mol. The Labute approximate surface area is 201 Å². The summed E-state index contributed by atoms with van der Waals surface area (Å²) in [5, 5.41) is 8.14. The Morgan fingerprint density at radius 2 is 1.85 bits per heavy atom. The van der Waals surface area contributed by atoms with Gasteiger partial charge in [-0.05, 0) is 42.8 Å². The van der Waals surface area contributed by atoms with Crippen LogP contribution in [0.2, 0.25) is 10.0 Å². The number of halogens is 6. The molecule has 1 amide bonds. The first kappa shape index (κ1) is 25.7. The fraction of sp³-hybridized carbons (Fsp3) is 0.150. The number of benzene rings is 2. The quantitative estimate of drug-likeness (QED) is 0.292. The monoisotopic (exact) mass is 536 g/mol. The summed E-state index contributed by atoms with van der Waals surface area (Å²) in [6, 6.07) is 7.65. The zero-order valence-corrected chi connectivity index (χ0v) is 19.6. The van der Waals surface area contributed by atoms with Gasteiger partial charge in [0.25, 0.3) is 11.8 Å². The number of aromatic nitrogens is 2. The van der Waals surface area contributed by atoms with Crippen molar-refractivity contribution in [1.82, 2.24) is 10.2 Å². The minimum Gasteiger partial charge on any atom is -0.434 e. The third-order valence-corrected chi connectivity index (χ3v) is 6.36. The molecule has 14 heteroatoms. The van der Waals surface area contributed by atoms with Gasteiger partial charge in [0.1, 0.15) is 5.56 Å². The molecule has 180 valence electrons. The molecule has 0 fully saturated rings. The molecule has 2 N–H and O–H groups in total. The van der Waals surface area contributed by atoms with Gasteiger partial charge in [-0.1, -0.05) is 29.3 Å². The van der Waals surface area contributed by atoms with Crippen molar-refractivity contribution in [3.05, 3.63) is 69.1 Å². The molecule has 2 aromatic carbocycles. The third-order valence-electron chi connectivity index (χ3n) is 4.43. The lowest BCUT2D eigenvalue weighted by Crippen LogP contribution is -2.21. The zero-order chi connectivity index (χ0) is 25.4. The third kappa shape index (κ3) is 5.40. The molecule has 1 atom stereocenters. The van der Waals surface area contributed by atoms with E-state index in [1.807, 2.05) is 0 Å². The van der Waals surface area contributed by atoms with Crippen molar-refractivity contribution in [1.29, 1.82) is 4.78 Å². The summed E-state index contributed by atoms with van der Waals surface area (Å²) in [6.07, 6.45) is -3.78. The minimum atomic E-state index is -4.95. The van der Waals surface area contributed by atoms with Crippen molar-refractivity contribution < 1.29 is 31.3 Å². The van der Waals surface area contributed by atoms with Crippen LogP contribution < -0.4 is 10.1 Å². The van der Waals surface area contributed by atoms with Crippen molar-refractivity contribution in [2.45, 2.75) is 18.0 Å². The maximum Gasteiger partial charge on any atom is 0.435 e. The molecule has 0 bridgehead atoms. The maximum atomic E-state index is 14.4. The van der Waals surface area contributed by atoms with Crippen LogP contribution in [0.5, 0.6) is 11.6 Å². The van der Waals surface area contributed by atoms with E-state index < -0.39 is 61.1 Å². The van der Waals surface area contributed by atoms with Crippen molar-refractivity contribution >= 4 is 44.5 Å². The number of alkyl halides is 3. The highest BCUT2D eigenvalue weighted by Crippen LogP contribution is 2.37. The molecule has 0 spiro atoms. The van der Waals surface area contributed by atoms with Crippen molar-refractivity contribution in [2.75, 3.05) is 11.6 Å². The number of anilines is 1. The first-order valence-corrected chi connectivity index (χ1v) is 11.8. The molecule has 3 aromatic rings. The van der Waals surface area contributed by atoms with E-state index in [0.29, 0.717) is 0 Å². The van der Waals surface area contributed by atoms with Gasteiger partial charge in [-0.15, -0.1) is 10.2 Å². The molecule has 0 saturated heterocycles. The van der Waals surface area contributed by atoms with Crippen molar-refractivity contribution in [3.8, 4) is 11.6 Å². The zero-order valence-electron chi connectivity index (χ0n) is 17.3. The van der Waals surface area contributed by atoms with E-state index in [0.717, 1.165) is 19.2 Å². The first-order valence-electron chi connectivity index (χ1n) is 9.11. The lowest BCUT2D eigenvalue weighted by atomic mass is 10.1. The molecule has 34 heavy (non-hydrogen) atoms. The normalized spacial score (nSPS) is 13.3. The molecule has 1 unspecified atom stereocenters.